The van der Waals surface area contributed by atoms with Crippen LogP contribution in [0.1, 0.15) is 16.7 Å². The molecule has 13 heteroatoms. The van der Waals surface area contributed by atoms with E-state index < -0.39 is 57.5 Å². The third kappa shape index (κ3) is 6.26. The number of aromatic nitrogens is 2. The van der Waals surface area contributed by atoms with Crippen LogP contribution in [0.3, 0.4) is 0 Å². The number of thiophene rings is 2. The summed E-state index contributed by atoms with van der Waals surface area (Å²) in [6.45, 7) is 0. The normalized spacial score (nSPS) is 12.9. The third-order valence-electron chi connectivity index (χ3n) is 13.4. The van der Waals surface area contributed by atoms with E-state index in [2.05, 4.69) is 0 Å². The van der Waals surface area contributed by atoms with Gasteiger partial charge in [-0.15, -0.1) is 22.7 Å². The van der Waals surface area contributed by atoms with Gasteiger partial charge in [-0.3, -0.25) is 0 Å². The minimum atomic E-state index is -5.39. The van der Waals surface area contributed by atoms with Crippen LogP contribution in [0.4, 0.5) is 39.5 Å². The van der Waals surface area contributed by atoms with Gasteiger partial charge >= 0.3 is 18.5 Å². The Kier molecular flexibility index (Phi) is 9.07. The topological polar surface area (TPSA) is 9.86 Å². The van der Waals surface area contributed by atoms with Gasteiger partial charge < -0.3 is 9.13 Å². The molecule has 0 aliphatic heterocycles. The first-order valence-electron chi connectivity index (χ1n) is 22.0. The molecular weight excluding hydrogens is 948 g/mol. The Labute approximate surface area is 398 Å². The molecular formula is C57H29F9N2S2. The predicted octanol–water partition coefficient (Wildman–Crippen LogP) is 19.0. The number of para-hydroxylation sites is 2. The molecule has 9 aromatic carbocycles. The fourth-order valence-electron chi connectivity index (χ4n) is 10.6. The lowest BCUT2D eigenvalue weighted by Gasteiger charge is -2.27. The van der Waals surface area contributed by atoms with Crippen LogP contribution in [-0.2, 0) is 18.5 Å². The molecule has 0 atom stereocenters. The van der Waals surface area contributed by atoms with Gasteiger partial charge in [-0.25, -0.2) is 0 Å². The molecule has 0 saturated heterocycles. The standard InChI is InChI=1S/C57H29F9N2S2/c58-55(59,60)32-13-9-11-30(27-32)48-42(67-38-19-5-1-15-34(38)50-40(67)23-25-46-52(50)36-17-3-7-21-44(36)69-46)29-43(49(54(48)57(64,65)66)31-12-10-14-33(28-31)56(61,62)63)68-39-20-6-2-16-35(39)51-41(68)24-26-47-53(51)37-18-4-8-22-45(37)70-47/h1-29H. The Bertz CT molecular complexity index is 4070. The smallest absolute Gasteiger partial charge is 0.309 e. The Hall–Kier alpha value is -7.61. The van der Waals surface area contributed by atoms with E-state index in [0.717, 1.165) is 75.4 Å². The SMILES string of the molecule is FC(F)(F)c1cccc(-c2c(-n3c4ccccc4c4c5c(ccc43)sc3ccccc35)cc(-n3c4ccccc4c4c5c(ccc43)sc3ccccc35)c(-c3cccc(C(F)(F)F)c3)c2C(F)(F)F)c1. The van der Waals surface area contributed by atoms with Gasteiger partial charge in [0.05, 0.1) is 50.1 Å². The summed E-state index contributed by atoms with van der Waals surface area (Å²) in [5, 5.41) is 6.37. The van der Waals surface area contributed by atoms with Crippen molar-refractivity contribution in [3.8, 4) is 33.6 Å². The maximum Gasteiger partial charge on any atom is 0.417 e. The second-order valence-electron chi connectivity index (χ2n) is 17.3. The maximum absolute atomic E-state index is 17.1. The highest BCUT2D eigenvalue weighted by Crippen LogP contribution is 2.54. The van der Waals surface area contributed by atoms with Gasteiger partial charge in [0, 0.05) is 73.0 Å². The van der Waals surface area contributed by atoms with Crippen molar-refractivity contribution in [2.75, 3.05) is 0 Å². The molecule has 0 unspecified atom stereocenters. The van der Waals surface area contributed by atoms with E-state index >= 15 is 13.2 Å². The average molecular weight is 977 g/mol. The fourth-order valence-corrected chi connectivity index (χ4v) is 12.9. The maximum atomic E-state index is 17.1. The molecule has 13 rings (SSSR count). The van der Waals surface area contributed by atoms with E-state index in [1.165, 1.54) is 18.2 Å². The fraction of sp³-hybridized carbons (Fsp3) is 0.0526. The van der Waals surface area contributed by atoms with Gasteiger partial charge in [0.25, 0.3) is 0 Å². The van der Waals surface area contributed by atoms with Crippen LogP contribution in [0, 0.1) is 0 Å². The molecule has 70 heavy (non-hydrogen) atoms. The zero-order chi connectivity index (χ0) is 48.0. The molecule has 0 aliphatic rings. The largest absolute Gasteiger partial charge is 0.417 e. The lowest BCUT2D eigenvalue weighted by molar-refractivity contribution is -0.138. The van der Waals surface area contributed by atoms with Crippen LogP contribution in [0.5, 0.6) is 0 Å². The monoisotopic (exact) mass is 976 g/mol. The number of fused-ring (bicyclic) bond motifs is 14. The summed E-state index contributed by atoms with van der Waals surface area (Å²) in [6, 6.07) is 46.4. The van der Waals surface area contributed by atoms with Crippen LogP contribution >= 0.6 is 22.7 Å². The van der Waals surface area contributed by atoms with Gasteiger partial charge in [0.1, 0.15) is 0 Å². The summed E-state index contributed by atoms with van der Waals surface area (Å²) >= 11 is 3.12. The molecule has 0 saturated carbocycles. The number of alkyl halides is 9. The van der Waals surface area contributed by atoms with Crippen LogP contribution < -0.4 is 0 Å². The summed E-state index contributed by atoms with van der Waals surface area (Å²) in [5.41, 5.74) is -4.31. The Morgan fingerprint density at radius 3 is 1.13 bits per heavy atom. The molecule has 2 nitrogen and oxygen atoms in total. The lowest BCUT2D eigenvalue weighted by Crippen LogP contribution is -2.16. The Balaban J connectivity index is 1.29. The van der Waals surface area contributed by atoms with Crippen LogP contribution in [0.15, 0.2) is 176 Å². The number of benzene rings is 9. The van der Waals surface area contributed by atoms with Gasteiger partial charge in [0.2, 0.25) is 0 Å². The predicted molar refractivity (Wildman–Crippen MR) is 267 cm³/mol. The van der Waals surface area contributed by atoms with E-state index in [1.807, 2.05) is 97.1 Å². The van der Waals surface area contributed by atoms with Crippen molar-refractivity contribution in [1.82, 2.24) is 9.13 Å². The minimum absolute atomic E-state index is 0.129. The van der Waals surface area contributed by atoms with E-state index in [0.29, 0.717) is 45.0 Å². The number of halogens is 9. The number of rotatable bonds is 4. The van der Waals surface area contributed by atoms with Crippen molar-refractivity contribution in [2.24, 2.45) is 0 Å². The molecule has 0 bridgehead atoms. The highest BCUT2D eigenvalue weighted by molar-refractivity contribution is 7.26. The van der Waals surface area contributed by atoms with Crippen molar-refractivity contribution in [3.05, 3.63) is 193 Å². The summed E-state index contributed by atoms with van der Waals surface area (Å²) in [4.78, 5) is 0. The first-order valence-corrected chi connectivity index (χ1v) is 23.6. The summed E-state index contributed by atoms with van der Waals surface area (Å²) in [6.07, 6.45) is -15.3. The van der Waals surface area contributed by atoms with Crippen molar-refractivity contribution >= 4 is 107 Å². The van der Waals surface area contributed by atoms with Crippen LogP contribution in [0.25, 0.3) is 118 Å². The highest BCUT2D eigenvalue weighted by Gasteiger charge is 2.42. The van der Waals surface area contributed by atoms with Gasteiger partial charge in [0.15, 0.2) is 0 Å². The zero-order valence-corrected chi connectivity index (χ0v) is 37.5. The number of hydrogen-bond acceptors (Lipinski definition) is 2. The Morgan fingerprint density at radius 1 is 0.314 bits per heavy atom. The molecule has 0 spiro atoms. The minimum Gasteiger partial charge on any atom is -0.309 e. The van der Waals surface area contributed by atoms with Crippen molar-refractivity contribution in [3.63, 3.8) is 0 Å². The second kappa shape index (κ2) is 14.9. The van der Waals surface area contributed by atoms with E-state index in [-0.39, 0.29) is 11.4 Å². The molecule has 0 radical (unpaired) electrons. The van der Waals surface area contributed by atoms with E-state index in [4.69, 9.17) is 0 Å². The molecule has 0 N–H and O–H groups in total. The molecule has 0 amide bonds. The van der Waals surface area contributed by atoms with Gasteiger partial charge in [-0.1, -0.05) is 97.1 Å². The lowest BCUT2D eigenvalue weighted by atomic mass is 9.87. The van der Waals surface area contributed by atoms with E-state index in [1.54, 1.807) is 56.1 Å². The molecule has 4 heterocycles. The van der Waals surface area contributed by atoms with Crippen molar-refractivity contribution in [2.45, 2.75) is 18.5 Å². The van der Waals surface area contributed by atoms with Crippen molar-refractivity contribution in [1.29, 1.82) is 0 Å². The summed E-state index contributed by atoms with van der Waals surface area (Å²) < 4.78 is 147. The molecule has 13 aromatic rings. The van der Waals surface area contributed by atoms with Gasteiger partial charge in [-0.2, -0.15) is 39.5 Å². The van der Waals surface area contributed by atoms with Gasteiger partial charge in [-0.05, 0) is 90.0 Å². The first kappa shape index (κ1) is 42.5. The second-order valence-corrected chi connectivity index (χ2v) is 19.4. The first-order chi connectivity index (χ1) is 33.6. The highest BCUT2D eigenvalue weighted by atomic mass is 32.1. The average Bonchev–Trinajstić information content (AvgIpc) is 4.10. The molecule has 0 fully saturated rings. The summed E-state index contributed by atoms with van der Waals surface area (Å²) in [7, 11) is 0. The zero-order valence-electron chi connectivity index (χ0n) is 35.9. The van der Waals surface area contributed by atoms with Crippen LogP contribution in [-0.4, -0.2) is 9.13 Å². The molecule has 4 aromatic heterocycles. The third-order valence-corrected chi connectivity index (χ3v) is 15.6. The summed E-state index contributed by atoms with van der Waals surface area (Å²) in [5.74, 6) is 0. The number of hydrogen-bond donors (Lipinski definition) is 0. The van der Waals surface area contributed by atoms with Crippen molar-refractivity contribution < 1.29 is 39.5 Å². The molecule has 0 aliphatic carbocycles. The quantitative estimate of drug-likeness (QED) is 0.156. The number of nitrogens with zero attached hydrogens (tertiary/aromatic N) is 2. The molecule has 342 valence electrons. The van der Waals surface area contributed by atoms with Crippen LogP contribution in [0.2, 0.25) is 0 Å². The van der Waals surface area contributed by atoms with E-state index in [9.17, 15) is 26.3 Å². The Morgan fingerprint density at radius 2 is 0.714 bits per heavy atom.